The van der Waals surface area contributed by atoms with E-state index < -0.39 is 6.10 Å². The van der Waals surface area contributed by atoms with Crippen LogP contribution in [0.3, 0.4) is 0 Å². The highest BCUT2D eigenvalue weighted by molar-refractivity contribution is 14.1. The lowest BCUT2D eigenvalue weighted by Crippen LogP contribution is -2.11. The van der Waals surface area contributed by atoms with E-state index in [4.69, 9.17) is 4.42 Å². The minimum atomic E-state index is -0.700. The van der Waals surface area contributed by atoms with E-state index in [9.17, 15) is 9.90 Å². The Morgan fingerprint density at radius 3 is 2.85 bits per heavy atom. The van der Waals surface area contributed by atoms with Crippen LogP contribution >= 0.6 is 33.9 Å². The van der Waals surface area contributed by atoms with Gasteiger partial charge in [-0.1, -0.05) is 6.07 Å². The van der Waals surface area contributed by atoms with Crippen molar-refractivity contribution in [3.8, 4) is 0 Å². The van der Waals surface area contributed by atoms with Gasteiger partial charge < -0.3 is 9.52 Å². The molecule has 0 saturated carbocycles. The van der Waals surface area contributed by atoms with Gasteiger partial charge in [0.2, 0.25) is 0 Å². The van der Waals surface area contributed by atoms with Gasteiger partial charge in [0.25, 0.3) is 0 Å². The van der Waals surface area contributed by atoms with Crippen LogP contribution in [0.5, 0.6) is 0 Å². The number of aryl methyl sites for hydroxylation is 1. The smallest absolute Gasteiger partial charge is 0.408 e. The second kappa shape index (κ2) is 5.34. The number of fused-ring (bicyclic) bond motifs is 1. The number of aliphatic hydroxyl groups is 1. The van der Waals surface area contributed by atoms with Crippen molar-refractivity contribution in [2.24, 2.45) is 0 Å². The molecular formula is C14H12INO3S. The number of aromatic nitrogens is 1. The number of hydrogen-bond donors (Lipinski definition) is 1. The lowest BCUT2D eigenvalue weighted by molar-refractivity contribution is 0.221. The summed E-state index contributed by atoms with van der Waals surface area (Å²) in [5, 5.41) is 12.3. The average Bonchev–Trinajstić information content (AvgIpc) is 2.99. The highest BCUT2D eigenvalue weighted by Crippen LogP contribution is 2.29. The van der Waals surface area contributed by atoms with Gasteiger partial charge in [-0.3, -0.25) is 4.57 Å². The van der Waals surface area contributed by atoms with Crippen molar-refractivity contribution in [2.45, 2.75) is 19.6 Å². The Labute approximate surface area is 132 Å². The molecule has 0 amide bonds. The van der Waals surface area contributed by atoms with E-state index in [0.717, 1.165) is 19.5 Å². The van der Waals surface area contributed by atoms with Gasteiger partial charge in [-0.2, -0.15) is 0 Å². The predicted octanol–water partition coefficient (Wildman–Crippen LogP) is 3.36. The maximum Gasteiger partial charge on any atom is 0.419 e. The molecule has 2 heterocycles. The highest BCUT2D eigenvalue weighted by atomic mass is 127. The molecule has 0 aliphatic rings. The largest absolute Gasteiger partial charge is 0.419 e. The monoisotopic (exact) mass is 401 g/mol. The summed E-state index contributed by atoms with van der Waals surface area (Å²) in [6, 6.07) is 7.34. The van der Waals surface area contributed by atoms with Gasteiger partial charge in [0, 0.05) is 6.54 Å². The molecule has 1 aromatic carbocycles. The van der Waals surface area contributed by atoms with Crippen molar-refractivity contribution >= 4 is 45.0 Å². The summed E-state index contributed by atoms with van der Waals surface area (Å²) in [5.41, 5.74) is 2.85. The average molecular weight is 401 g/mol. The molecule has 1 N–H and O–H groups in total. The number of oxazole rings is 1. The van der Waals surface area contributed by atoms with E-state index in [1.54, 1.807) is 22.0 Å². The molecular weight excluding hydrogens is 389 g/mol. The molecule has 0 spiro atoms. The van der Waals surface area contributed by atoms with Crippen LogP contribution in [-0.4, -0.2) is 9.67 Å². The van der Waals surface area contributed by atoms with E-state index in [2.05, 4.69) is 22.6 Å². The highest BCUT2D eigenvalue weighted by Gasteiger charge is 2.15. The number of aliphatic hydroxyl groups excluding tert-OH is 1. The van der Waals surface area contributed by atoms with Crippen LogP contribution in [0, 0.1) is 2.88 Å². The minimum absolute atomic E-state index is 0.362. The fourth-order valence-corrected chi connectivity index (χ4v) is 3.60. The Morgan fingerprint density at radius 2 is 2.20 bits per heavy atom. The maximum absolute atomic E-state index is 11.7. The van der Waals surface area contributed by atoms with Crippen LogP contribution < -0.4 is 5.76 Å². The van der Waals surface area contributed by atoms with Crippen molar-refractivity contribution < 1.29 is 9.52 Å². The van der Waals surface area contributed by atoms with Gasteiger partial charge in [0.1, 0.15) is 6.10 Å². The molecule has 3 aromatic rings. The SMILES string of the molecule is CCn1c(=O)oc2cc(C(O)c3csc(I)c3)ccc21. The Hall–Kier alpha value is -1.12. The predicted molar refractivity (Wildman–Crippen MR) is 87.2 cm³/mol. The summed E-state index contributed by atoms with van der Waals surface area (Å²) >= 11 is 3.81. The maximum atomic E-state index is 11.7. The number of hydrogen-bond acceptors (Lipinski definition) is 4. The fourth-order valence-electron chi connectivity index (χ4n) is 2.21. The zero-order valence-electron chi connectivity index (χ0n) is 10.7. The van der Waals surface area contributed by atoms with Gasteiger partial charge in [-0.25, -0.2) is 4.79 Å². The van der Waals surface area contributed by atoms with E-state index >= 15 is 0 Å². The van der Waals surface area contributed by atoms with E-state index in [1.807, 2.05) is 30.5 Å². The number of nitrogens with zero attached hydrogens (tertiary/aromatic N) is 1. The van der Waals surface area contributed by atoms with Crippen LogP contribution in [-0.2, 0) is 6.54 Å². The van der Waals surface area contributed by atoms with E-state index in [-0.39, 0.29) is 5.76 Å². The first kappa shape index (κ1) is 13.8. The molecule has 1 atom stereocenters. The van der Waals surface area contributed by atoms with E-state index in [0.29, 0.717) is 12.1 Å². The van der Waals surface area contributed by atoms with E-state index in [1.165, 1.54) is 0 Å². The molecule has 0 saturated heterocycles. The quantitative estimate of drug-likeness (QED) is 0.685. The molecule has 2 aromatic heterocycles. The lowest BCUT2D eigenvalue weighted by Gasteiger charge is -2.09. The van der Waals surface area contributed by atoms with Crippen LogP contribution in [0.25, 0.3) is 11.1 Å². The Balaban J connectivity index is 2.07. The van der Waals surface area contributed by atoms with Crippen molar-refractivity contribution in [1.82, 2.24) is 4.57 Å². The molecule has 6 heteroatoms. The first-order chi connectivity index (χ1) is 9.60. The molecule has 0 aliphatic carbocycles. The third-order valence-electron chi connectivity index (χ3n) is 3.23. The van der Waals surface area contributed by atoms with Crippen molar-refractivity contribution in [3.05, 3.63) is 54.2 Å². The Kier molecular flexibility index (Phi) is 3.70. The Bertz CT molecular complexity index is 817. The number of halogens is 1. The molecule has 0 bridgehead atoms. The van der Waals surface area contributed by atoms with Gasteiger partial charge >= 0.3 is 5.76 Å². The molecule has 3 rings (SSSR count). The Morgan fingerprint density at radius 1 is 1.40 bits per heavy atom. The molecule has 1 unspecified atom stereocenters. The molecule has 20 heavy (non-hydrogen) atoms. The second-order valence-electron chi connectivity index (χ2n) is 4.43. The normalized spacial score (nSPS) is 12.9. The standard InChI is InChI=1S/C14H12INO3S/c1-2-16-10-4-3-8(5-11(10)19-14(16)18)13(17)9-6-12(15)20-7-9/h3-7,13,17H,2H2,1H3. The summed E-state index contributed by atoms with van der Waals surface area (Å²) in [6.07, 6.45) is -0.700. The van der Waals surface area contributed by atoms with Crippen molar-refractivity contribution in [3.63, 3.8) is 0 Å². The molecule has 104 valence electrons. The minimum Gasteiger partial charge on any atom is -0.408 e. The summed E-state index contributed by atoms with van der Waals surface area (Å²) in [6.45, 7) is 2.46. The van der Waals surface area contributed by atoms with Gasteiger partial charge in [0.15, 0.2) is 5.58 Å². The van der Waals surface area contributed by atoms with Crippen LogP contribution in [0.15, 0.2) is 38.9 Å². The van der Waals surface area contributed by atoms with Gasteiger partial charge in [0.05, 0.1) is 8.40 Å². The number of benzene rings is 1. The third-order valence-corrected chi connectivity index (χ3v) is 5.03. The molecule has 0 aliphatic heterocycles. The fraction of sp³-hybridized carbons (Fsp3) is 0.214. The van der Waals surface area contributed by atoms with Crippen LogP contribution in [0.4, 0.5) is 0 Å². The number of rotatable bonds is 3. The summed E-state index contributed by atoms with van der Waals surface area (Å²) in [4.78, 5) is 11.7. The summed E-state index contributed by atoms with van der Waals surface area (Å²) in [5.74, 6) is -0.362. The van der Waals surface area contributed by atoms with Crippen LogP contribution in [0.1, 0.15) is 24.2 Å². The molecule has 0 radical (unpaired) electrons. The topological polar surface area (TPSA) is 55.4 Å². The van der Waals surface area contributed by atoms with Crippen molar-refractivity contribution in [2.75, 3.05) is 0 Å². The first-order valence-corrected chi connectivity index (χ1v) is 8.11. The molecule has 4 nitrogen and oxygen atoms in total. The zero-order valence-corrected chi connectivity index (χ0v) is 13.6. The van der Waals surface area contributed by atoms with Gasteiger partial charge in [-0.05, 0) is 64.2 Å². The van der Waals surface area contributed by atoms with Crippen molar-refractivity contribution in [1.29, 1.82) is 0 Å². The third kappa shape index (κ3) is 2.32. The summed E-state index contributed by atoms with van der Waals surface area (Å²) < 4.78 is 7.91. The second-order valence-corrected chi connectivity index (χ2v) is 7.23. The van der Waals surface area contributed by atoms with Gasteiger partial charge in [-0.15, -0.1) is 11.3 Å². The summed E-state index contributed by atoms with van der Waals surface area (Å²) in [7, 11) is 0. The number of thiophene rings is 1. The first-order valence-electron chi connectivity index (χ1n) is 6.15. The lowest BCUT2D eigenvalue weighted by atomic mass is 10.0. The molecule has 0 fully saturated rings. The van der Waals surface area contributed by atoms with Crippen LogP contribution in [0.2, 0.25) is 0 Å². The zero-order chi connectivity index (χ0) is 14.3.